The number of hydrogen-bond donors (Lipinski definition) is 1. The van der Waals surface area contributed by atoms with Gasteiger partial charge in [0.1, 0.15) is 12.1 Å². The van der Waals surface area contributed by atoms with Crippen LogP contribution in [-0.2, 0) is 19.1 Å². The molecule has 4 aliphatic carbocycles. The number of rotatable bonds is 6. The minimum Gasteiger partial charge on any atom is -0.376 e. The first kappa shape index (κ1) is 25.4. The average Bonchev–Trinajstić information content (AvgIpc) is 3.55. The molecule has 4 saturated carbocycles. The summed E-state index contributed by atoms with van der Waals surface area (Å²) in [6.07, 6.45) is 10.5. The number of anilines is 1. The van der Waals surface area contributed by atoms with E-state index >= 15 is 0 Å². The van der Waals surface area contributed by atoms with Crippen molar-refractivity contribution in [3.8, 4) is 0 Å². The second kappa shape index (κ2) is 9.79. The first-order chi connectivity index (χ1) is 18.9. The van der Waals surface area contributed by atoms with Crippen LogP contribution >= 0.6 is 0 Å². The lowest BCUT2D eigenvalue weighted by atomic mass is 9.49. The number of benzene rings is 1. The fraction of sp³-hybridized carbons (Fsp3) is 0.710. The number of nitrogens with zero attached hydrogens (tertiary/aromatic N) is 3. The zero-order valence-electron chi connectivity index (χ0n) is 23.0. The van der Waals surface area contributed by atoms with Crippen molar-refractivity contribution in [1.82, 2.24) is 15.1 Å². The van der Waals surface area contributed by atoms with Gasteiger partial charge in [-0.15, -0.1) is 0 Å². The summed E-state index contributed by atoms with van der Waals surface area (Å²) in [5.41, 5.74) is 0.133. The van der Waals surface area contributed by atoms with Gasteiger partial charge in [0.05, 0.1) is 18.2 Å². The second-order valence-electron chi connectivity index (χ2n) is 13.4. The second-order valence-corrected chi connectivity index (χ2v) is 13.4. The van der Waals surface area contributed by atoms with E-state index in [1.807, 2.05) is 30.3 Å². The number of carbonyl (C=O) groups is 3. The van der Waals surface area contributed by atoms with E-state index in [0.29, 0.717) is 45.1 Å². The molecule has 39 heavy (non-hydrogen) atoms. The van der Waals surface area contributed by atoms with Gasteiger partial charge in [-0.05, 0) is 94.1 Å². The predicted molar refractivity (Wildman–Crippen MR) is 147 cm³/mol. The fourth-order valence-corrected chi connectivity index (χ4v) is 9.37. The molecule has 1 aromatic rings. The number of nitrogens with one attached hydrogen (secondary N) is 1. The Kier molecular flexibility index (Phi) is 6.37. The van der Waals surface area contributed by atoms with E-state index in [2.05, 4.69) is 15.1 Å². The zero-order valence-corrected chi connectivity index (χ0v) is 23.0. The number of carbonyl (C=O) groups excluding carboxylic acids is 3. The van der Waals surface area contributed by atoms with Gasteiger partial charge in [-0.25, -0.2) is 0 Å². The maximum atomic E-state index is 14.0. The Morgan fingerprint density at radius 2 is 1.64 bits per heavy atom. The molecular formula is C31H42N4O4. The van der Waals surface area contributed by atoms with Gasteiger partial charge in [0, 0.05) is 31.9 Å². The Morgan fingerprint density at radius 1 is 0.974 bits per heavy atom. The zero-order chi connectivity index (χ0) is 26.6. The Morgan fingerprint density at radius 3 is 2.26 bits per heavy atom. The molecule has 1 N–H and O–H groups in total. The predicted octanol–water partition coefficient (Wildman–Crippen LogP) is 3.17. The molecule has 1 aromatic carbocycles. The number of likely N-dealkylation sites (tertiary alicyclic amines) is 1. The van der Waals surface area contributed by atoms with Gasteiger partial charge in [-0.1, -0.05) is 18.2 Å². The van der Waals surface area contributed by atoms with Crippen molar-refractivity contribution in [2.45, 2.75) is 75.9 Å². The molecule has 3 heterocycles. The van der Waals surface area contributed by atoms with Crippen LogP contribution in [0.5, 0.6) is 0 Å². The molecule has 8 rings (SSSR count). The Hall–Kier alpha value is -2.61. The van der Waals surface area contributed by atoms with Crippen LogP contribution in [-0.4, -0.2) is 78.6 Å². The third-order valence-corrected chi connectivity index (χ3v) is 10.8. The van der Waals surface area contributed by atoms with Crippen molar-refractivity contribution in [2.24, 2.45) is 23.2 Å². The van der Waals surface area contributed by atoms with Gasteiger partial charge >= 0.3 is 0 Å². The highest BCUT2D eigenvalue weighted by Crippen LogP contribution is 2.60. The van der Waals surface area contributed by atoms with E-state index in [1.54, 1.807) is 4.90 Å². The smallest absolute Gasteiger partial charge is 0.250 e. The molecule has 3 saturated heterocycles. The van der Waals surface area contributed by atoms with Crippen LogP contribution in [0.15, 0.2) is 30.3 Å². The topological polar surface area (TPSA) is 82.2 Å². The van der Waals surface area contributed by atoms with Gasteiger partial charge in [0.15, 0.2) is 0 Å². The van der Waals surface area contributed by atoms with Crippen LogP contribution in [0.3, 0.4) is 0 Å². The van der Waals surface area contributed by atoms with E-state index in [-0.39, 0.29) is 29.9 Å². The van der Waals surface area contributed by atoms with Gasteiger partial charge in [-0.2, -0.15) is 0 Å². The molecule has 1 atom stereocenters. The van der Waals surface area contributed by atoms with Crippen molar-refractivity contribution in [2.75, 3.05) is 44.4 Å². The Bertz CT molecular complexity index is 1070. The van der Waals surface area contributed by atoms with Crippen LogP contribution in [0.1, 0.15) is 64.2 Å². The van der Waals surface area contributed by atoms with Crippen molar-refractivity contribution >= 4 is 23.4 Å². The summed E-state index contributed by atoms with van der Waals surface area (Å²) >= 11 is 0. The van der Waals surface area contributed by atoms with E-state index in [0.717, 1.165) is 62.2 Å². The lowest BCUT2D eigenvalue weighted by Gasteiger charge is -2.57. The molecule has 8 nitrogen and oxygen atoms in total. The molecule has 0 radical (unpaired) electrons. The average molecular weight is 535 g/mol. The summed E-state index contributed by atoms with van der Waals surface area (Å²) in [6, 6.07) is 10.1. The molecule has 1 spiro atoms. The van der Waals surface area contributed by atoms with Crippen molar-refractivity contribution in [3.05, 3.63) is 30.3 Å². The number of ether oxygens (including phenoxy) is 1. The molecular weight excluding hydrogens is 492 g/mol. The molecule has 0 aromatic heterocycles. The Balaban J connectivity index is 1.06. The van der Waals surface area contributed by atoms with Gasteiger partial charge in [-0.3, -0.25) is 14.4 Å². The maximum absolute atomic E-state index is 14.0. The van der Waals surface area contributed by atoms with Crippen LogP contribution < -0.4 is 10.2 Å². The van der Waals surface area contributed by atoms with Gasteiger partial charge < -0.3 is 24.8 Å². The third-order valence-electron chi connectivity index (χ3n) is 10.8. The van der Waals surface area contributed by atoms with Gasteiger partial charge in [0.2, 0.25) is 11.8 Å². The molecule has 7 fully saturated rings. The first-order valence-corrected chi connectivity index (χ1v) is 15.2. The minimum absolute atomic E-state index is 0.0144. The number of amides is 3. The van der Waals surface area contributed by atoms with E-state index in [9.17, 15) is 14.4 Å². The highest BCUT2D eigenvalue weighted by Gasteiger charge is 2.58. The SMILES string of the molecule is O=C(CN1CN(c2ccccc2)C2(CCN(C(=O)C34CC5CC(CC(C5)C3)C4)CC2)C1=O)NC[C@@H]1CCCO1. The third kappa shape index (κ3) is 4.43. The standard InChI is InChI=1S/C31H42N4O4/c36-27(32-19-26-7-4-12-39-26)20-34-21-35(25-5-2-1-3-6-25)31(29(34)38)8-10-33(11-9-31)28(37)30-16-22-13-23(17-30)15-24(14-22)18-30/h1-3,5-6,22-24,26H,4,7-21H2,(H,32,36)/t22?,23?,24?,26-,30?/m0/s1. The fourth-order valence-electron chi connectivity index (χ4n) is 9.37. The number of hydrogen-bond acceptors (Lipinski definition) is 5. The summed E-state index contributed by atoms with van der Waals surface area (Å²) < 4.78 is 5.63. The van der Waals surface area contributed by atoms with E-state index in [1.165, 1.54) is 19.3 Å². The van der Waals surface area contributed by atoms with Crippen LogP contribution in [0.4, 0.5) is 5.69 Å². The quantitative estimate of drug-likeness (QED) is 0.606. The molecule has 210 valence electrons. The Labute approximate surface area is 231 Å². The monoisotopic (exact) mass is 534 g/mol. The summed E-state index contributed by atoms with van der Waals surface area (Å²) in [4.78, 5) is 46.9. The highest BCUT2D eigenvalue weighted by atomic mass is 16.5. The van der Waals surface area contributed by atoms with Crippen LogP contribution in [0.25, 0.3) is 0 Å². The molecule has 7 aliphatic rings. The van der Waals surface area contributed by atoms with Crippen molar-refractivity contribution in [1.29, 1.82) is 0 Å². The van der Waals surface area contributed by atoms with E-state index < -0.39 is 5.54 Å². The van der Waals surface area contributed by atoms with E-state index in [4.69, 9.17) is 4.74 Å². The van der Waals surface area contributed by atoms with Crippen LogP contribution in [0, 0.1) is 23.2 Å². The first-order valence-electron chi connectivity index (χ1n) is 15.2. The molecule has 3 amide bonds. The molecule has 4 bridgehead atoms. The highest BCUT2D eigenvalue weighted by molar-refractivity contribution is 5.96. The molecule has 8 heteroatoms. The van der Waals surface area contributed by atoms with Crippen LogP contribution in [0.2, 0.25) is 0 Å². The molecule has 0 unspecified atom stereocenters. The minimum atomic E-state index is -0.714. The van der Waals surface area contributed by atoms with Crippen molar-refractivity contribution in [3.63, 3.8) is 0 Å². The summed E-state index contributed by atoms with van der Waals surface area (Å²) in [7, 11) is 0. The summed E-state index contributed by atoms with van der Waals surface area (Å²) in [5, 5.41) is 2.97. The normalized spacial score (nSPS) is 34.8. The van der Waals surface area contributed by atoms with Gasteiger partial charge in [0.25, 0.3) is 5.91 Å². The lowest BCUT2D eigenvalue weighted by Crippen LogP contribution is -2.61. The molecule has 3 aliphatic heterocycles. The summed E-state index contributed by atoms with van der Waals surface area (Å²) in [5.74, 6) is 2.45. The van der Waals surface area contributed by atoms with Crippen molar-refractivity contribution < 1.29 is 19.1 Å². The largest absolute Gasteiger partial charge is 0.376 e. The number of para-hydroxylation sites is 1. The summed E-state index contributed by atoms with van der Waals surface area (Å²) in [6.45, 7) is 2.90. The number of piperidine rings is 1. The maximum Gasteiger partial charge on any atom is 0.250 e. The lowest BCUT2D eigenvalue weighted by molar-refractivity contribution is -0.160.